The van der Waals surface area contributed by atoms with Crippen LogP contribution in [-0.4, -0.2) is 68.2 Å². The summed E-state index contributed by atoms with van der Waals surface area (Å²) in [6.45, 7) is 3.85. The van der Waals surface area contributed by atoms with Gasteiger partial charge in [-0.3, -0.25) is 4.90 Å². The van der Waals surface area contributed by atoms with Crippen LogP contribution in [0.25, 0.3) is 11.2 Å². The van der Waals surface area contributed by atoms with Crippen molar-refractivity contribution < 1.29 is 4.74 Å². The quantitative estimate of drug-likeness (QED) is 0.838. The minimum absolute atomic E-state index is 0.201. The summed E-state index contributed by atoms with van der Waals surface area (Å²) in [5.74, 6) is 0.729. The van der Waals surface area contributed by atoms with Gasteiger partial charge in [0.25, 0.3) is 0 Å². The number of ether oxygens (including phenoxy) is 1. The van der Waals surface area contributed by atoms with E-state index in [9.17, 15) is 0 Å². The Bertz CT molecular complexity index is 707. The second-order valence-electron chi connectivity index (χ2n) is 6.52. The molecule has 24 heavy (non-hydrogen) atoms. The number of nitrogens with one attached hydrogen (secondary N) is 1. The Kier molecular flexibility index (Phi) is 4.51. The molecule has 0 aromatic carbocycles. The molecule has 0 radical (unpaired) electrons. The van der Waals surface area contributed by atoms with Gasteiger partial charge in [-0.05, 0) is 37.3 Å². The average Bonchev–Trinajstić information content (AvgIpc) is 2.97. The van der Waals surface area contributed by atoms with Gasteiger partial charge in [0.2, 0.25) is 10.9 Å². The van der Waals surface area contributed by atoms with E-state index in [0.717, 1.165) is 50.5 Å². The molecule has 8 nitrogen and oxygen atoms in total. The molecule has 2 aliphatic rings. The highest BCUT2D eigenvalue weighted by atomic mass is 35.5. The predicted molar refractivity (Wildman–Crippen MR) is 91.2 cm³/mol. The third-order valence-corrected chi connectivity index (χ3v) is 5.20. The van der Waals surface area contributed by atoms with Crippen LogP contribution in [0.2, 0.25) is 5.28 Å². The molecule has 1 saturated carbocycles. The standard InChI is InChI=1S/C15H22ClN7O/c1-22-12-13(18-15(16)19-14(12)20-21-22)17-10-2-4-11(5-3-10)23-6-8-24-9-7-23/h10-11H,2-9H2,1H3,(H,17,18,19). The number of rotatable bonds is 3. The lowest BCUT2D eigenvalue weighted by Crippen LogP contribution is -2.46. The smallest absolute Gasteiger partial charge is 0.226 e. The zero-order valence-corrected chi connectivity index (χ0v) is 14.5. The number of aryl methyl sites for hydroxylation is 1. The van der Waals surface area contributed by atoms with Gasteiger partial charge in [0.05, 0.1) is 13.2 Å². The van der Waals surface area contributed by atoms with Gasteiger partial charge < -0.3 is 10.1 Å². The molecule has 3 heterocycles. The van der Waals surface area contributed by atoms with Crippen LogP contribution in [0, 0.1) is 0 Å². The van der Waals surface area contributed by atoms with Crippen molar-refractivity contribution in [1.29, 1.82) is 0 Å². The second kappa shape index (κ2) is 6.78. The van der Waals surface area contributed by atoms with E-state index in [1.54, 1.807) is 4.68 Å². The van der Waals surface area contributed by atoms with Crippen molar-refractivity contribution in [2.75, 3.05) is 31.6 Å². The maximum absolute atomic E-state index is 6.02. The molecular formula is C15H22ClN7O. The van der Waals surface area contributed by atoms with Crippen LogP contribution in [0.4, 0.5) is 5.82 Å². The summed E-state index contributed by atoms with van der Waals surface area (Å²) in [5, 5.41) is 11.8. The van der Waals surface area contributed by atoms with Gasteiger partial charge in [0, 0.05) is 32.2 Å². The van der Waals surface area contributed by atoms with Crippen LogP contribution < -0.4 is 5.32 Å². The molecule has 9 heteroatoms. The summed E-state index contributed by atoms with van der Waals surface area (Å²) < 4.78 is 7.14. The molecule has 130 valence electrons. The summed E-state index contributed by atoms with van der Waals surface area (Å²) in [5.41, 5.74) is 1.33. The van der Waals surface area contributed by atoms with Crippen LogP contribution >= 0.6 is 11.6 Å². The molecule has 0 amide bonds. The predicted octanol–water partition coefficient (Wildman–Crippen LogP) is 1.47. The minimum Gasteiger partial charge on any atom is -0.379 e. The highest BCUT2D eigenvalue weighted by Crippen LogP contribution is 2.28. The Morgan fingerprint density at radius 3 is 2.62 bits per heavy atom. The first-order valence-corrected chi connectivity index (χ1v) is 8.90. The van der Waals surface area contributed by atoms with Gasteiger partial charge in [-0.15, -0.1) is 5.10 Å². The van der Waals surface area contributed by atoms with Crippen molar-refractivity contribution in [3.63, 3.8) is 0 Å². The number of aromatic nitrogens is 5. The topological polar surface area (TPSA) is 81.0 Å². The van der Waals surface area contributed by atoms with Gasteiger partial charge in [-0.2, -0.15) is 9.97 Å². The Balaban J connectivity index is 1.43. The Morgan fingerprint density at radius 2 is 1.88 bits per heavy atom. The normalized spacial score (nSPS) is 25.9. The summed E-state index contributed by atoms with van der Waals surface area (Å²) in [6, 6.07) is 1.07. The zero-order chi connectivity index (χ0) is 16.5. The van der Waals surface area contributed by atoms with Crippen LogP contribution in [-0.2, 0) is 11.8 Å². The average molecular weight is 352 g/mol. The monoisotopic (exact) mass is 351 g/mol. The SMILES string of the molecule is Cn1nnc2nc(Cl)nc(NC3CCC(N4CCOCC4)CC3)c21. The number of nitrogens with zero attached hydrogens (tertiary/aromatic N) is 6. The third-order valence-electron chi connectivity index (χ3n) is 5.04. The fourth-order valence-electron chi connectivity index (χ4n) is 3.76. The first-order chi connectivity index (χ1) is 11.7. The highest BCUT2D eigenvalue weighted by molar-refractivity contribution is 6.28. The van der Waals surface area contributed by atoms with Gasteiger partial charge in [-0.25, -0.2) is 4.68 Å². The number of fused-ring (bicyclic) bond motifs is 1. The lowest BCUT2D eigenvalue weighted by atomic mass is 9.90. The molecule has 4 rings (SSSR count). The lowest BCUT2D eigenvalue weighted by molar-refractivity contribution is 0.00791. The van der Waals surface area contributed by atoms with E-state index in [2.05, 4.69) is 30.5 Å². The largest absolute Gasteiger partial charge is 0.379 e. The number of hydrogen-bond donors (Lipinski definition) is 1. The zero-order valence-electron chi connectivity index (χ0n) is 13.8. The summed E-state index contributed by atoms with van der Waals surface area (Å²) in [6.07, 6.45) is 4.64. The fraction of sp³-hybridized carbons (Fsp3) is 0.733. The van der Waals surface area contributed by atoms with Gasteiger partial charge in [0.1, 0.15) is 5.52 Å². The molecule has 1 aliphatic carbocycles. The molecular weight excluding hydrogens is 330 g/mol. The van der Waals surface area contributed by atoms with Gasteiger partial charge >= 0.3 is 0 Å². The number of morpholine rings is 1. The first-order valence-electron chi connectivity index (χ1n) is 8.52. The molecule has 1 N–H and O–H groups in total. The van der Waals surface area contributed by atoms with Gasteiger partial charge in [-0.1, -0.05) is 5.21 Å². The van der Waals surface area contributed by atoms with Crippen molar-refractivity contribution in [3.05, 3.63) is 5.28 Å². The van der Waals surface area contributed by atoms with E-state index in [4.69, 9.17) is 16.3 Å². The number of halogens is 1. The molecule has 0 spiro atoms. The number of anilines is 1. The third kappa shape index (κ3) is 3.18. The summed E-state index contributed by atoms with van der Waals surface area (Å²) in [7, 11) is 1.84. The summed E-state index contributed by atoms with van der Waals surface area (Å²) >= 11 is 6.02. The van der Waals surface area contributed by atoms with E-state index >= 15 is 0 Å². The van der Waals surface area contributed by atoms with E-state index in [1.165, 1.54) is 12.8 Å². The maximum Gasteiger partial charge on any atom is 0.226 e. The molecule has 1 saturated heterocycles. The van der Waals surface area contributed by atoms with Gasteiger partial charge in [0.15, 0.2) is 5.82 Å². The molecule has 0 unspecified atom stereocenters. The Hall–Kier alpha value is -1.51. The van der Waals surface area contributed by atoms with E-state index in [1.807, 2.05) is 7.05 Å². The van der Waals surface area contributed by atoms with Crippen molar-refractivity contribution in [2.24, 2.45) is 7.05 Å². The Morgan fingerprint density at radius 1 is 1.12 bits per heavy atom. The van der Waals surface area contributed by atoms with Crippen LogP contribution in [0.3, 0.4) is 0 Å². The van der Waals surface area contributed by atoms with Crippen molar-refractivity contribution >= 4 is 28.6 Å². The Labute approximate surface area is 145 Å². The molecule has 1 aliphatic heterocycles. The highest BCUT2D eigenvalue weighted by Gasteiger charge is 2.27. The second-order valence-corrected chi connectivity index (χ2v) is 6.86. The number of hydrogen-bond acceptors (Lipinski definition) is 7. The molecule has 2 aromatic rings. The summed E-state index contributed by atoms with van der Waals surface area (Å²) in [4.78, 5) is 11.1. The van der Waals surface area contributed by atoms with Crippen LogP contribution in [0.1, 0.15) is 25.7 Å². The van der Waals surface area contributed by atoms with Crippen molar-refractivity contribution in [3.8, 4) is 0 Å². The molecule has 0 bridgehead atoms. The lowest BCUT2D eigenvalue weighted by Gasteiger charge is -2.39. The minimum atomic E-state index is 0.201. The van der Waals surface area contributed by atoms with E-state index in [0.29, 0.717) is 17.7 Å². The van der Waals surface area contributed by atoms with Crippen molar-refractivity contribution in [1.82, 2.24) is 29.9 Å². The molecule has 0 atom stereocenters. The molecule has 2 aromatic heterocycles. The van der Waals surface area contributed by atoms with Crippen molar-refractivity contribution in [2.45, 2.75) is 37.8 Å². The fourth-order valence-corrected chi connectivity index (χ4v) is 3.92. The van der Waals surface area contributed by atoms with Crippen LogP contribution in [0.5, 0.6) is 0 Å². The first kappa shape index (κ1) is 16.0. The maximum atomic E-state index is 6.02. The van der Waals surface area contributed by atoms with Crippen LogP contribution in [0.15, 0.2) is 0 Å². The van der Waals surface area contributed by atoms with E-state index in [-0.39, 0.29) is 5.28 Å². The molecule has 2 fully saturated rings. The van der Waals surface area contributed by atoms with E-state index < -0.39 is 0 Å².